The molecule has 110 valence electrons. The summed E-state index contributed by atoms with van der Waals surface area (Å²) in [6.07, 6.45) is 0. The van der Waals surface area contributed by atoms with Crippen molar-refractivity contribution in [2.24, 2.45) is 17.6 Å². The van der Waals surface area contributed by atoms with Crippen LogP contribution in [0.3, 0.4) is 0 Å². The summed E-state index contributed by atoms with van der Waals surface area (Å²) >= 11 is 0. The maximum absolute atomic E-state index is 5.96. The lowest BCUT2D eigenvalue weighted by Crippen LogP contribution is -2.32. The molecule has 0 bridgehead atoms. The van der Waals surface area contributed by atoms with E-state index in [1.807, 2.05) is 13.8 Å². The molecule has 0 spiro atoms. The van der Waals surface area contributed by atoms with E-state index < -0.39 is 5.54 Å². The minimum Gasteiger partial charge on any atom is -0.338 e. The third-order valence-electron chi connectivity index (χ3n) is 2.65. The summed E-state index contributed by atoms with van der Waals surface area (Å²) in [6, 6.07) is 0. The molecule has 0 amide bonds. The second kappa shape index (κ2) is 6.48. The minimum atomic E-state index is -0.553. The number of nitrogens with zero attached hydrogens (tertiary/aromatic N) is 3. The predicted molar refractivity (Wildman–Crippen MR) is 76.5 cm³/mol. The van der Waals surface area contributed by atoms with Crippen molar-refractivity contribution in [3.63, 3.8) is 0 Å². The van der Waals surface area contributed by atoms with Crippen LogP contribution in [0.5, 0.6) is 0 Å². The van der Waals surface area contributed by atoms with Gasteiger partial charge in [0.05, 0.1) is 12.1 Å². The smallest absolute Gasteiger partial charge is 0.240 e. The Morgan fingerprint density at radius 2 is 1.68 bits per heavy atom. The minimum absolute atomic E-state index is 0.553. The van der Waals surface area contributed by atoms with Crippen LogP contribution in [0.25, 0.3) is 0 Å². The Bertz CT molecular complexity index is 369. The van der Waals surface area contributed by atoms with E-state index in [9.17, 15) is 0 Å². The van der Waals surface area contributed by atoms with Crippen molar-refractivity contribution in [1.82, 2.24) is 15.0 Å². The molecule has 5 nitrogen and oxygen atoms in total. The fourth-order valence-electron chi connectivity index (χ4n) is 2.01. The average molecular weight is 268 g/mol. The third kappa shape index (κ3) is 5.70. The van der Waals surface area contributed by atoms with Crippen LogP contribution in [-0.4, -0.2) is 28.1 Å². The van der Waals surface area contributed by atoms with E-state index in [-0.39, 0.29) is 0 Å². The van der Waals surface area contributed by atoms with Gasteiger partial charge in [-0.1, -0.05) is 32.9 Å². The second-order valence-corrected chi connectivity index (χ2v) is 6.72. The van der Waals surface area contributed by atoms with Gasteiger partial charge in [0.1, 0.15) is 0 Å². The van der Waals surface area contributed by atoms with E-state index in [1.54, 1.807) is 0 Å². The van der Waals surface area contributed by atoms with Crippen molar-refractivity contribution in [3.05, 3.63) is 11.7 Å². The Hall–Kier alpha value is -0.940. The summed E-state index contributed by atoms with van der Waals surface area (Å²) in [5, 5.41) is 3.96. The van der Waals surface area contributed by atoms with Crippen LogP contribution < -0.4 is 5.73 Å². The van der Waals surface area contributed by atoms with Gasteiger partial charge in [-0.25, -0.2) is 0 Å². The topological polar surface area (TPSA) is 68.2 Å². The summed E-state index contributed by atoms with van der Waals surface area (Å²) in [6.45, 7) is 15.4. The Morgan fingerprint density at radius 3 is 2.05 bits per heavy atom. The van der Waals surface area contributed by atoms with E-state index in [0.717, 1.165) is 13.1 Å². The summed E-state index contributed by atoms with van der Waals surface area (Å²) in [7, 11) is 0. The van der Waals surface area contributed by atoms with E-state index >= 15 is 0 Å². The summed E-state index contributed by atoms with van der Waals surface area (Å²) in [5.74, 6) is 2.45. The first-order valence-electron chi connectivity index (χ1n) is 7.02. The lowest BCUT2D eigenvalue weighted by atomic mass is 10.1. The lowest BCUT2D eigenvalue weighted by molar-refractivity contribution is 0.186. The van der Waals surface area contributed by atoms with Gasteiger partial charge in [0, 0.05) is 13.1 Å². The zero-order valence-electron chi connectivity index (χ0n) is 13.1. The summed E-state index contributed by atoms with van der Waals surface area (Å²) < 4.78 is 5.30. The van der Waals surface area contributed by atoms with Gasteiger partial charge < -0.3 is 10.3 Å². The Morgan fingerprint density at radius 1 is 1.16 bits per heavy atom. The first-order valence-corrected chi connectivity index (χ1v) is 7.02. The van der Waals surface area contributed by atoms with Crippen LogP contribution in [0, 0.1) is 11.8 Å². The molecular weight excluding hydrogens is 240 g/mol. The molecule has 0 unspecified atom stereocenters. The van der Waals surface area contributed by atoms with E-state index in [1.165, 1.54) is 0 Å². The Balaban J connectivity index is 2.70. The van der Waals surface area contributed by atoms with Gasteiger partial charge in [0.15, 0.2) is 5.82 Å². The number of rotatable bonds is 7. The molecule has 19 heavy (non-hydrogen) atoms. The highest BCUT2D eigenvalue weighted by atomic mass is 16.5. The molecular formula is C14H28N4O. The van der Waals surface area contributed by atoms with E-state index in [2.05, 4.69) is 42.7 Å². The molecule has 0 aliphatic heterocycles. The van der Waals surface area contributed by atoms with Crippen LogP contribution in [-0.2, 0) is 12.1 Å². The summed E-state index contributed by atoms with van der Waals surface area (Å²) in [4.78, 5) is 6.75. The van der Waals surface area contributed by atoms with Crippen LogP contribution in [0.4, 0.5) is 0 Å². The van der Waals surface area contributed by atoms with Gasteiger partial charge in [0.25, 0.3) is 0 Å². The molecule has 0 saturated heterocycles. The number of aromatic nitrogens is 2. The summed E-state index contributed by atoms with van der Waals surface area (Å²) in [5.41, 5.74) is 5.41. The standard InChI is InChI=1S/C14H28N4O/c1-10(2)7-18(8-11(3)4)9-12-16-13(17-19-12)14(5,6)15/h10-11H,7-9,15H2,1-6H3. The largest absolute Gasteiger partial charge is 0.338 e. The van der Waals surface area contributed by atoms with Crippen molar-refractivity contribution < 1.29 is 4.52 Å². The molecule has 0 radical (unpaired) electrons. The second-order valence-electron chi connectivity index (χ2n) is 6.72. The van der Waals surface area contributed by atoms with Crippen LogP contribution in [0.1, 0.15) is 53.3 Å². The molecule has 1 heterocycles. The van der Waals surface area contributed by atoms with Crippen molar-refractivity contribution in [3.8, 4) is 0 Å². The normalized spacial score (nSPS) is 12.9. The Kier molecular flexibility index (Phi) is 5.50. The van der Waals surface area contributed by atoms with Crippen molar-refractivity contribution in [2.45, 2.75) is 53.6 Å². The van der Waals surface area contributed by atoms with Crippen LogP contribution in [0.15, 0.2) is 4.52 Å². The molecule has 0 aromatic carbocycles. The first kappa shape index (κ1) is 16.1. The van der Waals surface area contributed by atoms with Crippen molar-refractivity contribution in [2.75, 3.05) is 13.1 Å². The molecule has 0 fully saturated rings. The molecule has 0 saturated carbocycles. The zero-order chi connectivity index (χ0) is 14.6. The maximum atomic E-state index is 5.96. The van der Waals surface area contributed by atoms with Gasteiger partial charge in [-0.3, -0.25) is 4.90 Å². The lowest BCUT2D eigenvalue weighted by Gasteiger charge is -2.24. The highest BCUT2D eigenvalue weighted by Crippen LogP contribution is 2.14. The number of hydrogen-bond acceptors (Lipinski definition) is 5. The predicted octanol–water partition coefficient (Wildman–Crippen LogP) is 2.38. The molecule has 5 heteroatoms. The zero-order valence-corrected chi connectivity index (χ0v) is 13.1. The molecule has 1 aromatic rings. The average Bonchev–Trinajstić information content (AvgIpc) is 2.62. The van der Waals surface area contributed by atoms with E-state index in [4.69, 9.17) is 10.3 Å². The van der Waals surface area contributed by atoms with Gasteiger partial charge >= 0.3 is 0 Å². The van der Waals surface area contributed by atoms with Crippen LogP contribution in [0.2, 0.25) is 0 Å². The first-order chi connectivity index (χ1) is 8.68. The van der Waals surface area contributed by atoms with Crippen LogP contribution >= 0.6 is 0 Å². The molecule has 1 aromatic heterocycles. The maximum Gasteiger partial charge on any atom is 0.240 e. The van der Waals surface area contributed by atoms with Crippen molar-refractivity contribution >= 4 is 0 Å². The molecule has 0 aliphatic carbocycles. The van der Waals surface area contributed by atoms with Gasteiger partial charge in [-0.15, -0.1) is 0 Å². The number of nitrogens with two attached hydrogens (primary N) is 1. The Labute approximate surface area is 116 Å². The highest BCUT2D eigenvalue weighted by molar-refractivity contribution is 4.99. The fraction of sp³-hybridized carbons (Fsp3) is 0.857. The quantitative estimate of drug-likeness (QED) is 0.822. The van der Waals surface area contributed by atoms with Gasteiger partial charge in [-0.05, 0) is 25.7 Å². The van der Waals surface area contributed by atoms with Gasteiger partial charge in [0.2, 0.25) is 5.89 Å². The van der Waals surface area contributed by atoms with Gasteiger partial charge in [-0.2, -0.15) is 4.98 Å². The third-order valence-corrected chi connectivity index (χ3v) is 2.65. The number of hydrogen-bond donors (Lipinski definition) is 1. The van der Waals surface area contributed by atoms with E-state index in [0.29, 0.717) is 30.1 Å². The van der Waals surface area contributed by atoms with Crippen molar-refractivity contribution in [1.29, 1.82) is 0 Å². The molecule has 0 aliphatic rings. The monoisotopic (exact) mass is 268 g/mol. The highest BCUT2D eigenvalue weighted by Gasteiger charge is 2.22. The fourth-order valence-corrected chi connectivity index (χ4v) is 2.01. The SMILES string of the molecule is CC(C)CN(Cc1nc(C(C)(C)N)no1)CC(C)C. The molecule has 1 rings (SSSR count). The molecule has 2 N–H and O–H groups in total. The molecule has 0 atom stereocenters.